The van der Waals surface area contributed by atoms with Gasteiger partial charge in [0.15, 0.2) is 0 Å². The maximum atomic E-state index is 15.2. The molecule has 0 spiro atoms. The van der Waals surface area contributed by atoms with Crippen LogP contribution in [0.2, 0.25) is 5.02 Å². The summed E-state index contributed by atoms with van der Waals surface area (Å²) in [6.07, 6.45) is 7.55. The third-order valence-corrected chi connectivity index (χ3v) is 11.7. The Kier molecular flexibility index (Phi) is 11.1. The van der Waals surface area contributed by atoms with Crippen LogP contribution in [0.3, 0.4) is 0 Å². The fourth-order valence-corrected chi connectivity index (χ4v) is 8.51. The van der Waals surface area contributed by atoms with Gasteiger partial charge in [-0.2, -0.15) is 0 Å². The lowest BCUT2D eigenvalue weighted by Crippen LogP contribution is -2.47. The number of benzene rings is 3. The van der Waals surface area contributed by atoms with E-state index in [0.29, 0.717) is 51.7 Å². The van der Waals surface area contributed by atoms with Crippen LogP contribution >= 0.6 is 11.6 Å². The topological polar surface area (TPSA) is 95.9 Å². The van der Waals surface area contributed by atoms with E-state index in [1.807, 2.05) is 24.3 Å². The van der Waals surface area contributed by atoms with Gasteiger partial charge in [-0.15, -0.1) is 0 Å². The summed E-state index contributed by atoms with van der Waals surface area (Å²) < 4.78 is 36.8. The molecule has 12 heteroatoms. The Morgan fingerprint density at radius 3 is 2.38 bits per heavy atom. The highest BCUT2D eigenvalue weighted by atomic mass is 35.5. The zero-order chi connectivity index (χ0) is 37.2. The van der Waals surface area contributed by atoms with Crippen molar-refractivity contribution in [3.8, 4) is 16.9 Å². The molecule has 4 heterocycles. The first-order valence-corrected chi connectivity index (χ1v) is 18.9. The number of hydrogen-bond acceptors (Lipinski definition) is 7. The van der Waals surface area contributed by atoms with Crippen molar-refractivity contribution in [2.45, 2.75) is 63.5 Å². The van der Waals surface area contributed by atoms with Crippen molar-refractivity contribution < 1.29 is 23.1 Å². The van der Waals surface area contributed by atoms with E-state index < -0.39 is 11.9 Å². The van der Waals surface area contributed by atoms with Gasteiger partial charge in [-0.1, -0.05) is 17.7 Å². The quantitative estimate of drug-likeness (QED) is 0.172. The van der Waals surface area contributed by atoms with Crippen molar-refractivity contribution >= 4 is 39.9 Å². The molecule has 1 atom stereocenters. The predicted molar refractivity (Wildman–Crippen MR) is 203 cm³/mol. The molecule has 53 heavy (non-hydrogen) atoms. The summed E-state index contributed by atoms with van der Waals surface area (Å²) in [4.78, 5) is 41.2. The number of carbonyl (C=O) groups excluding carboxylic acids is 2. The van der Waals surface area contributed by atoms with Gasteiger partial charge in [-0.25, -0.2) is 8.78 Å². The molecular weight excluding hydrogens is 700 g/mol. The number of hydrogen-bond donors (Lipinski definition) is 2. The molecule has 2 N–H and O–H groups in total. The summed E-state index contributed by atoms with van der Waals surface area (Å²) in [6.45, 7) is 5.52. The lowest BCUT2D eigenvalue weighted by molar-refractivity contribution is -0.133. The van der Waals surface area contributed by atoms with E-state index >= 15 is 4.39 Å². The number of rotatable bonds is 10. The summed E-state index contributed by atoms with van der Waals surface area (Å²) in [6, 6.07) is 12.6. The lowest BCUT2D eigenvalue weighted by Gasteiger charge is -2.36. The van der Waals surface area contributed by atoms with Crippen LogP contribution in [0.25, 0.3) is 21.9 Å². The number of nitrogens with zero attached hydrogens (tertiary/aromatic N) is 3. The highest BCUT2D eigenvalue weighted by Gasteiger charge is 2.28. The third kappa shape index (κ3) is 8.27. The van der Waals surface area contributed by atoms with Crippen LogP contribution in [0.4, 0.5) is 14.5 Å². The number of halogens is 3. The zero-order valence-corrected chi connectivity index (χ0v) is 31.0. The molecule has 3 aromatic carbocycles. The zero-order valence-electron chi connectivity index (χ0n) is 30.2. The van der Waals surface area contributed by atoms with Gasteiger partial charge in [0.1, 0.15) is 23.4 Å². The molecule has 3 aliphatic heterocycles. The van der Waals surface area contributed by atoms with Crippen molar-refractivity contribution in [1.82, 2.24) is 19.7 Å². The molecule has 0 aliphatic carbocycles. The molecule has 0 saturated carbocycles. The van der Waals surface area contributed by atoms with E-state index in [4.69, 9.17) is 16.3 Å². The first-order chi connectivity index (χ1) is 25.6. The average Bonchev–Trinajstić information content (AvgIpc) is 3.15. The fraction of sp³-hybridized carbons (Fsp3) is 0.439. The molecule has 4 aromatic rings. The minimum absolute atomic E-state index is 0.167. The van der Waals surface area contributed by atoms with E-state index in [0.717, 1.165) is 81.5 Å². The van der Waals surface area contributed by atoms with E-state index in [1.165, 1.54) is 28.8 Å². The Hall–Kier alpha value is -4.32. The van der Waals surface area contributed by atoms with Gasteiger partial charge >= 0.3 is 0 Å². The minimum atomic E-state index is -0.537. The predicted octanol–water partition coefficient (Wildman–Crippen LogP) is 6.84. The van der Waals surface area contributed by atoms with Crippen molar-refractivity contribution in [1.29, 1.82) is 0 Å². The molecule has 0 bridgehead atoms. The number of imide groups is 1. The van der Waals surface area contributed by atoms with Crippen molar-refractivity contribution in [2.24, 2.45) is 13.0 Å². The Morgan fingerprint density at radius 1 is 0.906 bits per heavy atom. The number of aromatic nitrogens is 1. The van der Waals surface area contributed by atoms with Crippen LogP contribution in [0.5, 0.6) is 5.75 Å². The number of methoxy groups -OCH3 is 1. The van der Waals surface area contributed by atoms with Crippen LogP contribution < -0.4 is 20.9 Å². The van der Waals surface area contributed by atoms with Gasteiger partial charge in [0, 0.05) is 53.4 Å². The van der Waals surface area contributed by atoms with Crippen molar-refractivity contribution in [3.63, 3.8) is 0 Å². The van der Waals surface area contributed by atoms with E-state index in [9.17, 15) is 18.8 Å². The van der Waals surface area contributed by atoms with Gasteiger partial charge in [-0.05, 0) is 142 Å². The Balaban J connectivity index is 0.890. The second-order valence-electron chi connectivity index (χ2n) is 14.8. The first kappa shape index (κ1) is 37.0. The number of piperidine rings is 3. The molecule has 9 nitrogen and oxygen atoms in total. The van der Waals surface area contributed by atoms with E-state index in [1.54, 1.807) is 20.4 Å². The smallest absolute Gasteiger partial charge is 0.258 e. The summed E-state index contributed by atoms with van der Waals surface area (Å²) in [5.41, 5.74) is 3.47. The minimum Gasteiger partial charge on any atom is -0.496 e. The van der Waals surface area contributed by atoms with Crippen molar-refractivity contribution in [2.75, 3.05) is 45.2 Å². The molecule has 3 fully saturated rings. The van der Waals surface area contributed by atoms with Gasteiger partial charge < -0.3 is 19.5 Å². The number of anilines is 1. The number of likely N-dealkylation sites (tertiary alicyclic amines) is 2. The monoisotopic (exact) mass is 745 g/mol. The van der Waals surface area contributed by atoms with Gasteiger partial charge in [0.25, 0.3) is 5.56 Å². The number of carbonyl (C=O) groups is 2. The number of pyridine rings is 1. The number of aryl methyl sites for hydroxylation is 1. The Labute approximate surface area is 313 Å². The number of ether oxygens (including phenoxy) is 1. The molecule has 2 amide bonds. The normalized spacial score (nSPS) is 19.5. The Bertz CT molecular complexity index is 2070. The average molecular weight is 746 g/mol. The molecule has 1 aromatic heterocycles. The van der Waals surface area contributed by atoms with Crippen LogP contribution in [0.1, 0.15) is 62.0 Å². The highest BCUT2D eigenvalue weighted by molar-refractivity contribution is 6.32. The highest BCUT2D eigenvalue weighted by Crippen LogP contribution is 2.38. The molecule has 1 unspecified atom stereocenters. The molecular formula is C41H46ClF2N5O4. The first-order valence-electron chi connectivity index (χ1n) is 18.6. The number of fused-ring (bicyclic) bond motifs is 1. The maximum Gasteiger partial charge on any atom is 0.258 e. The number of nitrogens with one attached hydrogen (secondary N) is 2. The molecule has 3 saturated heterocycles. The fourth-order valence-electron chi connectivity index (χ4n) is 8.24. The number of amides is 2. The lowest BCUT2D eigenvalue weighted by atomic mass is 9.88. The van der Waals surface area contributed by atoms with E-state index in [2.05, 4.69) is 20.4 Å². The largest absolute Gasteiger partial charge is 0.496 e. The maximum absolute atomic E-state index is 15.2. The summed E-state index contributed by atoms with van der Waals surface area (Å²) in [5, 5.41) is 6.95. The molecule has 280 valence electrons. The standard InChI is InChI=1S/C41H46ClF2N5O4/c1-47-23-33(32-21-28(43)3-5-31(32)41(47)52)27-19-35(42)34(38(20-27)53-2)24-49-15-10-25(11-16-49)9-14-48-17-12-26(13-18-48)30-6-4-29(22-36(30)44)45-37-7-8-39(50)46-40(37)51/h3-6,19-23,25-26,37,45H,7-18,24H2,1-2H3,(H,46,50,51). The Morgan fingerprint density at radius 2 is 1.66 bits per heavy atom. The molecule has 7 rings (SSSR count). The second kappa shape index (κ2) is 16.0. The summed E-state index contributed by atoms with van der Waals surface area (Å²) in [7, 11) is 3.31. The SMILES string of the molecule is COc1cc(-c2cn(C)c(=O)c3ccc(F)cc23)cc(Cl)c1CN1CCC(CCN2CCC(c3ccc(NC4CCC(=O)NC4=O)cc3F)CC2)CC1. The van der Waals surface area contributed by atoms with E-state index in [-0.39, 0.29) is 35.5 Å². The summed E-state index contributed by atoms with van der Waals surface area (Å²) in [5.74, 6) is 0.169. The van der Waals surface area contributed by atoms with Gasteiger partial charge in [-0.3, -0.25) is 24.6 Å². The van der Waals surface area contributed by atoms with Crippen LogP contribution in [-0.4, -0.2) is 72.1 Å². The molecule has 3 aliphatic rings. The molecule has 0 radical (unpaired) electrons. The third-order valence-electron chi connectivity index (χ3n) is 11.4. The summed E-state index contributed by atoms with van der Waals surface area (Å²) >= 11 is 6.91. The van der Waals surface area contributed by atoms with Crippen LogP contribution in [0.15, 0.2) is 59.5 Å². The van der Waals surface area contributed by atoms with Gasteiger partial charge in [0.2, 0.25) is 11.8 Å². The second-order valence-corrected chi connectivity index (χ2v) is 15.2. The van der Waals surface area contributed by atoms with Crippen molar-refractivity contribution in [3.05, 3.63) is 92.9 Å². The van der Waals surface area contributed by atoms with Crippen LogP contribution in [-0.2, 0) is 23.2 Å². The van der Waals surface area contributed by atoms with Crippen LogP contribution in [0, 0.1) is 17.6 Å². The van der Waals surface area contributed by atoms with Gasteiger partial charge in [0.05, 0.1) is 7.11 Å².